The number of hydrogen-bond donors (Lipinski definition) is 6. The van der Waals surface area contributed by atoms with Gasteiger partial charge in [0.2, 0.25) is 0 Å². The minimum absolute atomic E-state index is 0.414. The van der Waals surface area contributed by atoms with Crippen LogP contribution in [0.2, 0.25) is 0 Å². The van der Waals surface area contributed by atoms with Gasteiger partial charge in [-0.25, -0.2) is 0 Å². The molecule has 0 aromatic carbocycles. The lowest BCUT2D eigenvalue weighted by molar-refractivity contribution is -0.0256. The summed E-state index contributed by atoms with van der Waals surface area (Å²) < 4.78 is 0. The Kier molecular flexibility index (Phi) is 66.7. The molecule has 0 aliphatic carbocycles. The van der Waals surface area contributed by atoms with E-state index >= 15 is 0 Å². The molecule has 0 aromatic heterocycles. The van der Waals surface area contributed by atoms with E-state index in [0.29, 0.717) is 52.4 Å². The van der Waals surface area contributed by atoms with Gasteiger partial charge < -0.3 is 30.6 Å². The van der Waals surface area contributed by atoms with Crippen LogP contribution < -0.4 is 0 Å². The molecule has 0 aliphatic rings. The summed E-state index contributed by atoms with van der Waals surface area (Å²) >= 11 is 0. The monoisotopic (exact) mass is 1240 g/mol. The van der Waals surface area contributed by atoms with Crippen LogP contribution in [0.4, 0.5) is 0 Å². The Morgan fingerprint density at radius 2 is 0.322 bits per heavy atom. The van der Waals surface area contributed by atoms with Gasteiger partial charge in [-0.3, -0.25) is 24.5 Å². The molecule has 0 bridgehead atoms. The molecule has 0 aliphatic heterocycles. The van der Waals surface area contributed by atoms with Gasteiger partial charge in [0.05, 0.1) is 24.4 Å². The summed E-state index contributed by atoms with van der Waals surface area (Å²) in [7, 11) is 0. The molecule has 0 heterocycles. The first kappa shape index (κ1) is 86.6. The van der Waals surface area contributed by atoms with E-state index in [1.54, 1.807) is 0 Å². The number of hydrogen-bond acceptors (Lipinski definition) is 11. The smallest absolute Gasteiger partial charge is 0.104 e. The van der Waals surface area contributed by atoms with E-state index in [0.717, 1.165) is 96.9 Å². The standard InChI is InChI=1S/C76H159N5O6/c1-8-13-18-23-28-33-38-43-48-53-58-77(63-73(84)65-78(59-54-49-44-39-34-29-24-19-14-9-2)67-75(86)69-80(71(6)82)61-56-51-46-41-36-31-26-21-16-11-4)64-74(85)66-79(60-55-50-45-40-35-30-25-20-15-10-3)68-76(87)70-81(72(7)83)62-57-52-47-42-37-32-27-22-17-12-5/h71-76,82-87H,8-70H2,1-7H3. The molecule has 87 heavy (non-hydrogen) atoms. The van der Waals surface area contributed by atoms with Gasteiger partial charge in [0, 0.05) is 65.4 Å². The Morgan fingerprint density at radius 3 is 0.483 bits per heavy atom. The maximum atomic E-state index is 12.1. The zero-order chi connectivity index (χ0) is 63.9. The lowest BCUT2D eigenvalue weighted by Crippen LogP contribution is -2.49. The maximum absolute atomic E-state index is 12.1. The van der Waals surface area contributed by atoms with E-state index in [1.807, 2.05) is 23.6 Å². The average molecular weight is 1240 g/mol. The third-order valence-electron chi connectivity index (χ3n) is 18.8. The molecule has 0 radical (unpaired) electrons. The van der Waals surface area contributed by atoms with Gasteiger partial charge in [0.1, 0.15) is 12.5 Å². The summed E-state index contributed by atoms with van der Waals surface area (Å²) in [4.78, 5) is 11.0. The zero-order valence-corrected chi connectivity index (χ0v) is 59.9. The lowest BCUT2D eigenvalue weighted by Gasteiger charge is -2.34. The normalized spacial score (nSPS) is 14.4. The van der Waals surface area contributed by atoms with E-state index in [-0.39, 0.29) is 0 Å². The number of unbranched alkanes of at least 4 members (excludes halogenated alkanes) is 45. The van der Waals surface area contributed by atoms with Crippen molar-refractivity contribution < 1.29 is 30.6 Å². The Hall–Kier alpha value is -0.440. The van der Waals surface area contributed by atoms with Crippen molar-refractivity contribution in [3.8, 4) is 0 Å². The number of nitrogens with zero attached hydrogens (tertiary/aromatic N) is 5. The predicted octanol–water partition coefficient (Wildman–Crippen LogP) is 18.2. The highest BCUT2D eigenvalue weighted by atomic mass is 16.3. The molecule has 0 spiro atoms. The van der Waals surface area contributed by atoms with Gasteiger partial charge in [-0.2, -0.15) is 0 Å². The second-order valence-corrected chi connectivity index (χ2v) is 28.1. The van der Waals surface area contributed by atoms with Crippen LogP contribution in [0.15, 0.2) is 0 Å². The van der Waals surface area contributed by atoms with Gasteiger partial charge in [0.15, 0.2) is 0 Å². The van der Waals surface area contributed by atoms with E-state index in [2.05, 4.69) is 49.3 Å². The summed E-state index contributed by atoms with van der Waals surface area (Å²) in [5.74, 6) is 0. The Bertz CT molecular complexity index is 1230. The van der Waals surface area contributed by atoms with Crippen molar-refractivity contribution in [3.05, 3.63) is 0 Å². The fourth-order valence-electron chi connectivity index (χ4n) is 13.3. The average Bonchev–Trinajstić information content (AvgIpc) is 3.65. The van der Waals surface area contributed by atoms with Crippen molar-refractivity contribution in [2.24, 2.45) is 0 Å². The Labute approximate surface area is 544 Å². The summed E-state index contributed by atoms with van der Waals surface area (Å²) in [6.45, 7) is 22.6. The molecule has 6 N–H and O–H groups in total. The zero-order valence-electron chi connectivity index (χ0n) is 59.9. The summed E-state index contributed by atoms with van der Waals surface area (Å²) in [6, 6.07) is 0. The van der Waals surface area contributed by atoms with Gasteiger partial charge in [-0.1, -0.05) is 324 Å². The largest absolute Gasteiger partial charge is 0.390 e. The van der Waals surface area contributed by atoms with E-state index < -0.39 is 36.9 Å². The van der Waals surface area contributed by atoms with Crippen LogP contribution in [-0.2, 0) is 0 Å². The molecule has 11 heteroatoms. The molecular formula is C76H159N5O6. The van der Waals surface area contributed by atoms with E-state index in [9.17, 15) is 30.6 Å². The van der Waals surface area contributed by atoms with Crippen LogP contribution in [0.3, 0.4) is 0 Å². The molecule has 6 atom stereocenters. The molecule has 0 fully saturated rings. The third kappa shape index (κ3) is 60.3. The quantitative estimate of drug-likeness (QED) is 0.0256. The van der Waals surface area contributed by atoms with Gasteiger partial charge in [-0.15, -0.1) is 0 Å². The van der Waals surface area contributed by atoms with Crippen LogP contribution in [0.1, 0.15) is 370 Å². The minimum Gasteiger partial charge on any atom is -0.390 e. The first-order valence-electron chi connectivity index (χ1n) is 39.1. The highest BCUT2D eigenvalue weighted by Gasteiger charge is 2.25. The molecule has 11 nitrogen and oxygen atoms in total. The van der Waals surface area contributed by atoms with Crippen LogP contribution in [-0.4, -0.2) is 177 Å². The van der Waals surface area contributed by atoms with Crippen molar-refractivity contribution >= 4 is 0 Å². The predicted molar refractivity (Wildman–Crippen MR) is 379 cm³/mol. The summed E-state index contributed by atoms with van der Waals surface area (Å²) in [6.07, 6.45) is 59.3. The van der Waals surface area contributed by atoms with Crippen LogP contribution >= 0.6 is 0 Å². The van der Waals surface area contributed by atoms with Crippen molar-refractivity contribution in [1.82, 2.24) is 24.5 Å². The Morgan fingerprint density at radius 1 is 0.184 bits per heavy atom. The molecule has 0 amide bonds. The first-order valence-corrected chi connectivity index (χ1v) is 39.1. The fraction of sp³-hybridized carbons (Fsp3) is 1.00. The van der Waals surface area contributed by atoms with Crippen LogP contribution in [0.25, 0.3) is 0 Å². The second kappa shape index (κ2) is 67.0. The van der Waals surface area contributed by atoms with E-state index in [4.69, 9.17) is 0 Å². The van der Waals surface area contributed by atoms with E-state index in [1.165, 1.54) is 257 Å². The van der Waals surface area contributed by atoms with Crippen molar-refractivity contribution in [1.29, 1.82) is 0 Å². The topological polar surface area (TPSA) is 138 Å². The fourth-order valence-corrected chi connectivity index (χ4v) is 13.3. The highest BCUT2D eigenvalue weighted by molar-refractivity contribution is 4.79. The first-order chi connectivity index (χ1) is 42.4. The third-order valence-corrected chi connectivity index (χ3v) is 18.8. The SMILES string of the molecule is CCCCCCCCCCCCN(CC(O)CN(CCCCCCCCCCCC)CC(O)CN(CCCCCCCCCCCC)C(C)O)CC(O)CN(CCCCCCCCCCCC)CC(O)CN(CCCCCCCCCCCC)C(C)O. The van der Waals surface area contributed by atoms with Crippen LogP contribution in [0, 0.1) is 0 Å². The Balaban J connectivity index is 6.18. The number of rotatable bonds is 73. The molecular weight excluding hydrogens is 1080 g/mol. The van der Waals surface area contributed by atoms with Crippen LogP contribution in [0.5, 0.6) is 0 Å². The molecule has 0 saturated heterocycles. The summed E-state index contributed by atoms with van der Waals surface area (Å²) in [5, 5.41) is 69.5. The summed E-state index contributed by atoms with van der Waals surface area (Å²) in [5.41, 5.74) is 0. The van der Waals surface area contributed by atoms with Crippen molar-refractivity contribution in [2.75, 3.05) is 85.1 Å². The minimum atomic E-state index is -0.651. The number of aliphatic hydroxyl groups excluding tert-OH is 6. The number of aliphatic hydroxyl groups is 6. The second-order valence-electron chi connectivity index (χ2n) is 28.1. The molecule has 0 saturated carbocycles. The van der Waals surface area contributed by atoms with Gasteiger partial charge in [-0.05, 0) is 65.6 Å². The lowest BCUT2D eigenvalue weighted by atomic mass is 10.1. The molecule has 0 aromatic rings. The maximum Gasteiger partial charge on any atom is 0.104 e. The molecule has 0 rings (SSSR count). The van der Waals surface area contributed by atoms with Crippen molar-refractivity contribution in [2.45, 2.75) is 406 Å². The molecule has 524 valence electrons. The van der Waals surface area contributed by atoms with Crippen molar-refractivity contribution in [3.63, 3.8) is 0 Å². The highest BCUT2D eigenvalue weighted by Crippen LogP contribution is 2.18. The van der Waals surface area contributed by atoms with Gasteiger partial charge >= 0.3 is 0 Å². The van der Waals surface area contributed by atoms with Gasteiger partial charge in [0.25, 0.3) is 0 Å². The molecule has 6 unspecified atom stereocenters.